The van der Waals surface area contributed by atoms with Crippen LogP contribution < -0.4 is 0 Å². The molecule has 6 heteroatoms. The smallest absolute Gasteiger partial charge is 0.195 e. The SMILES string of the molecule is CC1=CCC(CC(=O)CCc2ccccc2C2CC(c3ccc(F)cc3)C=C2C(=O)c2c(F)cc(F)cc2F)C1. The average molecular weight is 547 g/mol. The van der Waals surface area contributed by atoms with Gasteiger partial charge in [-0.3, -0.25) is 9.59 Å². The van der Waals surface area contributed by atoms with Crippen LogP contribution in [0.1, 0.15) is 77.9 Å². The number of hydrogen-bond donors (Lipinski definition) is 0. The van der Waals surface area contributed by atoms with Gasteiger partial charge in [0.25, 0.3) is 0 Å². The number of benzene rings is 3. The molecule has 0 heterocycles. The fraction of sp³-hybridized carbons (Fsp3) is 0.294. The molecule has 2 nitrogen and oxygen atoms in total. The summed E-state index contributed by atoms with van der Waals surface area (Å²) in [6, 6.07) is 14.4. The van der Waals surface area contributed by atoms with Crippen LogP contribution in [-0.4, -0.2) is 11.6 Å². The van der Waals surface area contributed by atoms with Gasteiger partial charge in [0.05, 0.1) is 5.56 Å². The molecule has 5 rings (SSSR count). The molecule has 3 unspecified atom stereocenters. The zero-order valence-electron chi connectivity index (χ0n) is 22.2. The van der Waals surface area contributed by atoms with E-state index in [9.17, 15) is 27.2 Å². The third-order valence-corrected chi connectivity index (χ3v) is 8.07. The van der Waals surface area contributed by atoms with Crippen molar-refractivity contribution in [3.05, 3.63) is 129 Å². The van der Waals surface area contributed by atoms with Gasteiger partial charge in [0.1, 0.15) is 29.1 Å². The van der Waals surface area contributed by atoms with Crippen molar-refractivity contribution < 1.29 is 27.2 Å². The van der Waals surface area contributed by atoms with Gasteiger partial charge in [-0.1, -0.05) is 54.1 Å². The van der Waals surface area contributed by atoms with Crippen LogP contribution in [-0.2, 0) is 11.2 Å². The number of Topliss-reactive ketones (excluding diaryl/α,β-unsaturated/α-hetero) is 2. The number of hydrogen-bond acceptors (Lipinski definition) is 2. The lowest BCUT2D eigenvalue weighted by atomic mass is 9.83. The fourth-order valence-electron chi connectivity index (χ4n) is 6.10. The van der Waals surface area contributed by atoms with Crippen LogP contribution in [0.2, 0.25) is 0 Å². The number of allylic oxidation sites excluding steroid dienone is 4. The van der Waals surface area contributed by atoms with Gasteiger partial charge in [-0.05, 0) is 67.3 Å². The van der Waals surface area contributed by atoms with Crippen LogP contribution in [0.4, 0.5) is 17.6 Å². The molecule has 0 saturated carbocycles. The van der Waals surface area contributed by atoms with Crippen LogP contribution >= 0.6 is 0 Å². The molecule has 0 N–H and O–H groups in total. The molecule has 0 amide bonds. The van der Waals surface area contributed by atoms with Crippen LogP contribution in [0.3, 0.4) is 0 Å². The Labute approximate surface area is 231 Å². The van der Waals surface area contributed by atoms with E-state index in [1.807, 2.05) is 24.3 Å². The van der Waals surface area contributed by atoms with Crippen molar-refractivity contribution in [3.63, 3.8) is 0 Å². The summed E-state index contributed by atoms with van der Waals surface area (Å²) in [4.78, 5) is 26.4. The molecule has 0 aromatic heterocycles. The monoisotopic (exact) mass is 546 g/mol. The van der Waals surface area contributed by atoms with E-state index < -0.39 is 40.5 Å². The van der Waals surface area contributed by atoms with E-state index in [-0.39, 0.29) is 17.3 Å². The Hall–Kier alpha value is -3.80. The Morgan fingerprint density at radius 3 is 2.27 bits per heavy atom. The highest BCUT2D eigenvalue weighted by atomic mass is 19.1. The lowest BCUT2D eigenvalue weighted by Crippen LogP contribution is -2.15. The van der Waals surface area contributed by atoms with E-state index in [2.05, 4.69) is 13.0 Å². The number of carbonyl (C=O) groups is 2. The second kappa shape index (κ2) is 11.7. The first kappa shape index (κ1) is 27.8. The largest absolute Gasteiger partial charge is 0.300 e. The van der Waals surface area contributed by atoms with E-state index in [0.29, 0.717) is 43.7 Å². The normalized spacial score (nSPS) is 20.4. The molecule has 40 heavy (non-hydrogen) atoms. The molecule has 3 aromatic carbocycles. The van der Waals surface area contributed by atoms with E-state index in [0.717, 1.165) is 29.5 Å². The summed E-state index contributed by atoms with van der Waals surface area (Å²) in [7, 11) is 0. The van der Waals surface area contributed by atoms with Gasteiger partial charge in [-0.25, -0.2) is 17.6 Å². The van der Waals surface area contributed by atoms with Gasteiger partial charge in [0.15, 0.2) is 5.78 Å². The van der Waals surface area contributed by atoms with Crippen LogP contribution in [0, 0.1) is 29.2 Å². The molecule has 0 bridgehead atoms. The Bertz CT molecular complexity index is 1480. The minimum Gasteiger partial charge on any atom is -0.300 e. The molecule has 0 radical (unpaired) electrons. The third-order valence-electron chi connectivity index (χ3n) is 8.07. The van der Waals surface area contributed by atoms with Crippen molar-refractivity contribution in [2.24, 2.45) is 5.92 Å². The Morgan fingerprint density at radius 2 is 1.60 bits per heavy atom. The third kappa shape index (κ3) is 6.01. The standard InChI is InChI=1S/C34H30F4O2/c1-20-6-7-21(14-20)15-27(39)13-10-23-4-2-3-5-28(23)29-16-24(22-8-11-25(35)12-9-22)17-30(29)34(40)33-31(37)18-26(36)19-32(33)38/h2-6,8-9,11-12,17-19,21,24,29H,7,10,13-16H2,1H3. The molecule has 0 saturated heterocycles. The van der Waals surface area contributed by atoms with Crippen molar-refractivity contribution in [2.45, 2.75) is 57.3 Å². The average Bonchev–Trinajstić information content (AvgIpc) is 3.54. The second-order valence-corrected chi connectivity index (χ2v) is 10.9. The van der Waals surface area contributed by atoms with Crippen molar-refractivity contribution in [3.8, 4) is 0 Å². The van der Waals surface area contributed by atoms with Gasteiger partial charge in [0, 0.05) is 42.4 Å². The van der Waals surface area contributed by atoms with E-state index in [1.54, 1.807) is 18.2 Å². The molecule has 2 aliphatic carbocycles. The minimum absolute atomic E-state index is 0.181. The lowest BCUT2D eigenvalue weighted by molar-refractivity contribution is -0.119. The van der Waals surface area contributed by atoms with Crippen LogP contribution in [0.25, 0.3) is 0 Å². The van der Waals surface area contributed by atoms with Gasteiger partial charge < -0.3 is 0 Å². The highest BCUT2D eigenvalue weighted by Gasteiger charge is 2.36. The molecule has 206 valence electrons. The molecule has 3 atom stereocenters. The Kier molecular flexibility index (Phi) is 8.15. The molecular formula is C34H30F4O2. The predicted molar refractivity (Wildman–Crippen MR) is 146 cm³/mol. The number of aryl methyl sites for hydroxylation is 1. The molecule has 0 aliphatic heterocycles. The van der Waals surface area contributed by atoms with Crippen molar-refractivity contribution in [2.75, 3.05) is 0 Å². The first-order valence-corrected chi connectivity index (χ1v) is 13.6. The summed E-state index contributed by atoms with van der Waals surface area (Å²) in [5.74, 6) is -5.16. The summed E-state index contributed by atoms with van der Waals surface area (Å²) in [5, 5.41) is 0. The van der Waals surface area contributed by atoms with Crippen molar-refractivity contribution in [1.29, 1.82) is 0 Å². The molecular weight excluding hydrogens is 516 g/mol. The first-order valence-electron chi connectivity index (χ1n) is 13.6. The number of rotatable bonds is 9. The molecule has 0 fully saturated rings. The highest BCUT2D eigenvalue weighted by molar-refractivity contribution is 6.10. The first-order chi connectivity index (χ1) is 19.2. The molecule has 3 aromatic rings. The van der Waals surface area contributed by atoms with Crippen molar-refractivity contribution in [1.82, 2.24) is 0 Å². The topological polar surface area (TPSA) is 34.1 Å². The fourth-order valence-corrected chi connectivity index (χ4v) is 6.10. The van der Waals surface area contributed by atoms with Crippen LogP contribution in [0.15, 0.2) is 84.0 Å². The van der Waals surface area contributed by atoms with Gasteiger partial charge in [-0.15, -0.1) is 0 Å². The summed E-state index contributed by atoms with van der Waals surface area (Å²) < 4.78 is 56.5. The second-order valence-electron chi connectivity index (χ2n) is 10.9. The lowest BCUT2D eigenvalue weighted by Gasteiger charge is -2.20. The Morgan fingerprint density at radius 1 is 0.900 bits per heavy atom. The number of halogens is 4. The summed E-state index contributed by atoms with van der Waals surface area (Å²) >= 11 is 0. The summed E-state index contributed by atoms with van der Waals surface area (Å²) in [6.07, 6.45) is 7.52. The maximum absolute atomic E-state index is 14.7. The molecule has 0 spiro atoms. The highest BCUT2D eigenvalue weighted by Crippen LogP contribution is 2.46. The van der Waals surface area contributed by atoms with Crippen molar-refractivity contribution >= 4 is 11.6 Å². The van der Waals surface area contributed by atoms with Gasteiger partial charge in [-0.2, -0.15) is 0 Å². The van der Waals surface area contributed by atoms with Gasteiger partial charge in [0.2, 0.25) is 0 Å². The van der Waals surface area contributed by atoms with E-state index in [4.69, 9.17) is 0 Å². The maximum atomic E-state index is 14.7. The quantitative estimate of drug-likeness (QED) is 0.153. The zero-order valence-corrected chi connectivity index (χ0v) is 22.2. The van der Waals surface area contributed by atoms with E-state index >= 15 is 0 Å². The predicted octanol–water partition coefficient (Wildman–Crippen LogP) is 8.57. The van der Waals surface area contributed by atoms with Gasteiger partial charge >= 0.3 is 0 Å². The van der Waals surface area contributed by atoms with Crippen LogP contribution in [0.5, 0.6) is 0 Å². The molecule has 2 aliphatic rings. The summed E-state index contributed by atoms with van der Waals surface area (Å²) in [6.45, 7) is 2.08. The Balaban J connectivity index is 1.44. The maximum Gasteiger partial charge on any atom is 0.195 e. The number of ketones is 2. The number of carbonyl (C=O) groups excluding carboxylic acids is 2. The zero-order chi connectivity index (χ0) is 28.4. The van der Waals surface area contributed by atoms with E-state index in [1.165, 1.54) is 17.7 Å². The summed E-state index contributed by atoms with van der Waals surface area (Å²) in [5.41, 5.74) is 3.18. The minimum atomic E-state index is -1.26.